The Morgan fingerprint density at radius 1 is 1.53 bits per heavy atom. The molecule has 0 amide bonds. The highest BCUT2D eigenvalue weighted by molar-refractivity contribution is 6.34. The summed E-state index contributed by atoms with van der Waals surface area (Å²) in [4.78, 5) is 3.13. The number of aromatic nitrogens is 1. The molecule has 2 radical (unpaired) electrons. The first-order chi connectivity index (χ1) is 8.09. The molecule has 0 saturated carbocycles. The number of aromatic amines is 1. The van der Waals surface area contributed by atoms with Crippen LogP contribution in [0.25, 0.3) is 10.9 Å². The normalized spacial score (nSPS) is 19.6. The van der Waals surface area contributed by atoms with Crippen LogP contribution in [-0.2, 0) is 11.3 Å². The molecular formula is C13H13BFNO. The zero-order chi connectivity index (χ0) is 12.2. The van der Waals surface area contributed by atoms with Crippen LogP contribution in [0, 0.1) is 12.7 Å². The molecule has 2 nitrogen and oxygen atoms in total. The standard InChI is InChI=1S/C13H13BFNO/c1-6-4-17-5-10-11(6)12-7(2)8(14)3-9(15)13(12)16-10/h3,6,16H,4-5H2,1-2H3. The van der Waals surface area contributed by atoms with E-state index in [0.717, 1.165) is 22.2 Å². The van der Waals surface area contributed by atoms with Crippen molar-refractivity contribution in [2.45, 2.75) is 26.4 Å². The van der Waals surface area contributed by atoms with Gasteiger partial charge in [0.2, 0.25) is 0 Å². The van der Waals surface area contributed by atoms with E-state index in [9.17, 15) is 4.39 Å². The number of benzene rings is 1. The van der Waals surface area contributed by atoms with Crippen molar-refractivity contribution in [1.29, 1.82) is 0 Å². The third kappa shape index (κ3) is 1.44. The summed E-state index contributed by atoms with van der Waals surface area (Å²) in [5.74, 6) is -0.0166. The van der Waals surface area contributed by atoms with E-state index in [1.165, 1.54) is 6.07 Å². The lowest BCUT2D eigenvalue weighted by molar-refractivity contribution is 0.0934. The monoisotopic (exact) mass is 229 g/mol. The summed E-state index contributed by atoms with van der Waals surface area (Å²) in [5.41, 5.74) is 4.16. The van der Waals surface area contributed by atoms with Gasteiger partial charge >= 0.3 is 0 Å². The fourth-order valence-corrected chi connectivity index (χ4v) is 2.67. The van der Waals surface area contributed by atoms with Crippen molar-refractivity contribution in [3.8, 4) is 0 Å². The number of nitrogens with one attached hydrogen (secondary N) is 1. The minimum Gasteiger partial charge on any atom is -0.375 e. The van der Waals surface area contributed by atoms with E-state index in [-0.39, 0.29) is 11.7 Å². The molecule has 0 aliphatic carbocycles. The summed E-state index contributed by atoms with van der Waals surface area (Å²) < 4.78 is 19.4. The third-order valence-corrected chi connectivity index (χ3v) is 3.56. The molecular weight excluding hydrogens is 216 g/mol. The van der Waals surface area contributed by atoms with Crippen LogP contribution in [0.4, 0.5) is 4.39 Å². The number of rotatable bonds is 0. The predicted molar refractivity (Wildman–Crippen MR) is 66.5 cm³/mol. The van der Waals surface area contributed by atoms with Crippen molar-refractivity contribution in [2.24, 2.45) is 0 Å². The zero-order valence-electron chi connectivity index (χ0n) is 9.93. The Morgan fingerprint density at radius 3 is 3.06 bits per heavy atom. The Labute approximate surface area is 101 Å². The number of halogens is 1. The second-order valence-corrected chi connectivity index (χ2v) is 4.76. The van der Waals surface area contributed by atoms with E-state index in [1.807, 2.05) is 6.92 Å². The van der Waals surface area contributed by atoms with Crippen molar-refractivity contribution < 1.29 is 9.13 Å². The molecule has 17 heavy (non-hydrogen) atoms. The second kappa shape index (κ2) is 3.60. The fourth-order valence-electron chi connectivity index (χ4n) is 2.67. The average Bonchev–Trinajstić information content (AvgIpc) is 2.67. The number of hydrogen-bond acceptors (Lipinski definition) is 1. The molecule has 1 N–H and O–H groups in total. The molecule has 1 aliphatic rings. The van der Waals surface area contributed by atoms with Crippen molar-refractivity contribution in [2.75, 3.05) is 6.61 Å². The van der Waals surface area contributed by atoms with Gasteiger partial charge in [-0.15, -0.1) is 0 Å². The van der Waals surface area contributed by atoms with Crippen molar-refractivity contribution in [3.63, 3.8) is 0 Å². The van der Waals surface area contributed by atoms with Crippen LogP contribution in [0.5, 0.6) is 0 Å². The fraction of sp³-hybridized carbons (Fsp3) is 0.385. The molecule has 1 aliphatic heterocycles. The molecule has 1 unspecified atom stereocenters. The number of fused-ring (bicyclic) bond motifs is 3. The van der Waals surface area contributed by atoms with E-state index in [4.69, 9.17) is 12.6 Å². The summed E-state index contributed by atoms with van der Waals surface area (Å²) in [6, 6.07) is 1.38. The lowest BCUT2D eigenvalue weighted by Crippen LogP contribution is -2.14. The van der Waals surface area contributed by atoms with Gasteiger partial charge in [-0.25, -0.2) is 4.39 Å². The largest absolute Gasteiger partial charge is 0.375 e. The van der Waals surface area contributed by atoms with Gasteiger partial charge in [-0.3, -0.25) is 0 Å². The highest BCUT2D eigenvalue weighted by Crippen LogP contribution is 2.35. The van der Waals surface area contributed by atoms with E-state index in [2.05, 4.69) is 11.9 Å². The maximum absolute atomic E-state index is 13.9. The van der Waals surface area contributed by atoms with Gasteiger partial charge in [-0.1, -0.05) is 12.4 Å². The summed E-state index contributed by atoms with van der Waals surface area (Å²) in [5, 5.41) is 0.938. The molecule has 86 valence electrons. The van der Waals surface area contributed by atoms with Gasteiger partial charge in [0.15, 0.2) is 0 Å². The Bertz CT molecular complexity index is 605. The average molecular weight is 229 g/mol. The second-order valence-electron chi connectivity index (χ2n) is 4.76. The number of aryl methyl sites for hydroxylation is 1. The first-order valence-electron chi connectivity index (χ1n) is 5.76. The first-order valence-corrected chi connectivity index (χ1v) is 5.76. The van der Waals surface area contributed by atoms with Gasteiger partial charge in [0.25, 0.3) is 0 Å². The van der Waals surface area contributed by atoms with Crippen LogP contribution in [0.2, 0.25) is 0 Å². The Kier molecular flexibility index (Phi) is 2.30. The number of hydrogen-bond donors (Lipinski definition) is 1. The van der Waals surface area contributed by atoms with Gasteiger partial charge < -0.3 is 9.72 Å². The van der Waals surface area contributed by atoms with Crippen LogP contribution in [0.15, 0.2) is 6.07 Å². The van der Waals surface area contributed by atoms with Crippen LogP contribution in [0.3, 0.4) is 0 Å². The minimum absolute atomic E-state index is 0.271. The van der Waals surface area contributed by atoms with Gasteiger partial charge in [0.1, 0.15) is 13.7 Å². The molecule has 1 aromatic heterocycles. The molecule has 1 aromatic carbocycles. The van der Waals surface area contributed by atoms with E-state index in [0.29, 0.717) is 24.2 Å². The van der Waals surface area contributed by atoms with E-state index in [1.54, 1.807) is 0 Å². The molecule has 0 bridgehead atoms. The highest BCUT2D eigenvalue weighted by atomic mass is 19.1. The third-order valence-electron chi connectivity index (χ3n) is 3.56. The van der Waals surface area contributed by atoms with Gasteiger partial charge in [0, 0.05) is 17.0 Å². The predicted octanol–water partition coefficient (Wildman–Crippen LogP) is 2.04. The summed E-state index contributed by atoms with van der Waals surface area (Å²) in [7, 11) is 5.84. The van der Waals surface area contributed by atoms with Crippen molar-refractivity contribution >= 4 is 24.2 Å². The van der Waals surface area contributed by atoms with E-state index < -0.39 is 0 Å². The zero-order valence-corrected chi connectivity index (χ0v) is 9.93. The van der Waals surface area contributed by atoms with Crippen LogP contribution in [-0.4, -0.2) is 19.4 Å². The van der Waals surface area contributed by atoms with Gasteiger partial charge in [-0.05, 0) is 24.1 Å². The maximum atomic E-state index is 13.9. The number of H-pyrrole nitrogens is 1. The minimum atomic E-state index is -0.287. The first kappa shape index (κ1) is 10.8. The Morgan fingerprint density at radius 2 is 2.29 bits per heavy atom. The SMILES string of the molecule is [B]c1cc(F)c2[nH]c3c(c2c1C)C(C)COC3. The van der Waals surface area contributed by atoms with Gasteiger partial charge in [0.05, 0.1) is 18.7 Å². The summed E-state index contributed by atoms with van der Waals surface area (Å²) >= 11 is 0. The maximum Gasteiger partial charge on any atom is 0.146 e. The van der Waals surface area contributed by atoms with Gasteiger partial charge in [-0.2, -0.15) is 0 Å². The van der Waals surface area contributed by atoms with Crippen LogP contribution in [0.1, 0.15) is 29.7 Å². The quantitative estimate of drug-likeness (QED) is 0.687. The summed E-state index contributed by atoms with van der Waals surface area (Å²) in [6.45, 7) is 5.22. The molecule has 0 saturated heterocycles. The number of ether oxygens (including phenoxy) is 1. The van der Waals surface area contributed by atoms with Crippen LogP contribution < -0.4 is 5.46 Å². The smallest absolute Gasteiger partial charge is 0.146 e. The Hall–Kier alpha value is -1.29. The molecule has 2 aromatic rings. The topological polar surface area (TPSA) is 25.0 Å². The van der Waals surface area contributed by atoms with Crippen molar-refractivity contribution in [3.05, 3.63) is 28.7 Å². The molecule has 0 spiro atoms. The highest BCUT2D eigenvalue weighted by Gasteiger charge is 2.24. The van der Waals surface area contributed by atoms with Crippen molar-refractivity contribution in [1.82, 2.24) is 4.98 Å². The van der Waals surface area contributed by atoms with E-state index >= 15 is 0 Å². The molecule has 0 fully saturated rings. The lowest BCUT2D eigenvalue weighted by Gasteiger charge is -2.20. The van der Waals surface area contributed by atoms with Crippen LogP contribution >= 0.6 is 0 Å². The molecule has 1 atom stereocenters. The molecule has 3 rings (SSSR count). The molecule has 4 heteroatoms. The Balaban J connectivity index is 2.44. The molecule has 2 heterocycles. The lowest BCUT2D eigenvalue weighted by atomic mass is 9.86. The summed E-state index contributed by atoms with van der Waals surface area (Å²) in [6.07, 6.45) is 0.